The molecule has 9 heavy (non-hydrogen) atoms. The van der Waals surface area contributed by atoms with Crippen LogP contribution in [0.5, 0.6) is 0 Å². The molecule has 5 heteroatoms. The Bertz CT molecular complexity index is 184. The molecule has 4 nitrogen and oxygen atoms in total. The second kappa shape index (κ2) is 3.09. The minimum Gasteiger partial charge on any atom is -0.475 e. The van der Waals surface area contributed by atoms with Gasteiger partial charge in [-0.2, -0.15) is 0 Å². The summed E-state index contributed by atoms with van der Waals surface area (Å²) in [6.07, 6.45) is 2.21. The Hall–Kier alpha value is -1.03. The van der Waals surface area contributed by atoms with Gasteiger partial charge in [0.05, 0.1) is 6.20 Å². The Morgan fingerprint density at radius 1 is 1.78 bits per heavy atom. The van der Waals surface area contributed by atoms with E-state index in [1.54, 1.807) is 0 Å². The number of carboxylic acids is 1. The van der Waals surface area contributed by atoms with Crippen LogP contribution < -0.4 is 0 Å². The second-order valence-electron chi connectivity index (χ2n) is 1.17. The lowest BCUT2D eigenvalue weighted by atomic mass is 10.5. The minimum absolute atomic E-state index is 0. The molecule has 1 heterocycles. The summed E-state index contributed by atoms with van der Waals surface area (Å²) in [5.41, 5.74) is 0. The lowest BCUT2D eigenvalue weighted by Gasteiger charge is -1.77. The topological polar surface area (TPSA) is 63.3 Å². The molecule has 0 saturated heterocycles. The van der Waals surface area contributed by atoms with Gasteiger partial charge in [0.1, 0.15) is 0 Å². The quantitative estimate of drug-likeness (QED) is 0.641. The summed E-state index contributed by atoms with van der Waals surface area (Å²) in [5.74, 6) is -1.23. The number of nitrogens with zero attached hydrogens (tertiary/aromatic N) is 1. The van der Waals surface area contributed by atoms with Gasteiger partial charge in [-0.25, -0.2) is 9.78 Å². The van der Waals surface area contributed by atoms with E-state index in [-0.39, 0.29) is 18.2 Å². The molecule has 1 aromatic rings. The highest BCUT2D eigenvalue weighted by atomic mass is 35.5. The van der Waals surface area contributed by atoms with Crippen molar-refractivity contribution in [2.24, 2.45) is 0 Å². The number of carbonyl (C=O) groups is 1. The highest BCUT2D eigenvalue weighted by Gasteiger charge is 2.03. The maximum atomic E-state index is 9.93. The number of hydrogen-bond acceptors (Lipinski definition) is 3. The summed E-state index contributed by atoms with van der Waals surface area (Å²) in [4.78, 5) is 13.3. The summed E-state index contributed by atoms with van der Waals surface area (Å²) in [6, 6.07) is 0. The number of carboxylic acid groups (broad SMARTS) is 1. The zero-order valence-corrected chi connectivity index (χ0v) is 5.09. The Labute approximate surface area is 56.9 Å². The third-order valence-corrected chi connectivity index (χ3v) is 0.643. The van der Waals surface area contributed by atoms with Gasteiger partial charge in [-0.15, -0.1) is 12.4 Å². The van der Waals surface area contributed by atoms with Crippen molar-refractivity contribution >= 4 is 18.4 Å². The van der Waals surface area contributed by atoms with Crippen molar-refractivity contribution in [2.45, 2.75) is 0 Å². The van der Waals surface area contributed by atoms with E-state index in [0.29, 0.717) is 0 Å². The predicted molar refractivity (Wildman–Crippen MR) is 30.7 cm³/mol. The van der Waals surface area contributed by atoms with Crippen molar-refractivity contribution in [3.8, 4) is 0 Å². The molecule has 0 unspecified atom stereocenters. The molecule has 0 spiro atoms. The van der Waals surface area contributed by atoms with Crippen molar-refractivity contribution in [1.29, 1.82) is 0 Å². The van der Waals surface area contributed by atoms with E-state index < -0.39 is 5.97 Å². The van der Waals surface area contributed by atoms with Gasteiger partial charge < -0.3 is 9.52 Å². The van der Waals surface area contributed by atoms with E-state index >= 15 is 0 Å². The highest BCUT2D eigenvalue weighted by molar-refractivity contribution is 5.85. The van der Waals surface area contributed by atoms with Gasteiger partial charge in [0.25, 0.3) is 0 Å². The molecule has 1 aromatic heterocycles. The molecule has 1 N–H and O–H groups in total. The van der Waals surface area contributed by atoms with Crippen molar-refractivity contribution in [2.75, 3.05) is 0 Å². The Balaban J connectivity index is 0.000000640. The van der Waals surface area contributed by atoms with Gasteiger partial charge in [0.2, 0.25) is 5.76 Å². The minimum atomic E-state index is -1.09. The molecule has 0 atom stereocenters. The van der Waals surface area contributed by atoms with Gasteiger partial charge in [0.15, 0.2) is 6.39 Å². The van der Waals surface area contributed by atoms with E-state index in [1.165, 1.54) is 0 Å². The smallest absolute Gasteiger partial charge is 0.373 e. The molecule has 0 radical (unpaired) electrons. The number of rotatable bonds is 1. The molecule has 0 aliphatic heterocycles. The van der Waals surface area contributed by atoms with Crippen LogP contribution in [-0.4, -0.2) is 16.1 Å². The fourth-order valence-electron chi connectivity index (χ4n) is 0.321. The van der Waals surface area contributed by atoms with Crippen LogP contribution in [0.2, 0.25) is 0 Å². The molecule has 0 saturated carbocycles. The number of aromatic carboxylic acids is 1. The van der Waals surface area contributed by atoms with Crippen molar-refractivity contribution in [1.82, 2.24) is 4.98 Å². The third-order valence-electron chi connectivity index (χ3n) is 0.643. The molecule has 1 rings (SSSR count). The largest absolute Gasteiger partial charge is 0.475 e. The summed E-state index contributed by atoms with van der Waals surface area (Å²) >= 11 is 0. The molecule has 50 valence electrons. The maximum absolute atomic E-state index is 9.93. The number of halogens is 1. The first-order valence-corrected chi connectivity index (χ1v) is 1.92. The number of oxazole rings is 1. The van der Waals surface area contributed by atoms with Crippen LogP contribution in [0.3, 0.4) is 0 Å². The fourth-order valence-corrected chi connectivity index (χ4v) is 0.321. The predicted octanol–water partition coefficient (Wildman–Crippen LogP) is 0.795. The lowest BCUT2D eigenvalue weighted by molar-refractivity contribution is 0.0662. The number of aromatic nitrogens is 1. The van der Waals surface area contributed by atoms with Crippen LogP contribution in [-0.2, 0) is 0 Å². The first-order valence-electron chi connectivity index (χ1n) is 1.92. The SMILES string of the molecule is Cl.O=C(O)c1cnco1. The Kier molecular flexibility index (Phi) is 2.73. The zero-order chi connectivity index (χ0) is 5.98. The van der Waals surface area contributed by atoms with Crippen LogP contribution in [0.4, 0.5) is 0 Å². The Morgan fingerprint density at radius 2 is 2.44 bits per heavy atom. The molecule has 0 fully saturated rings. The van der Waals surface area contributed by atoms with Crippen LogP contribution in [0, 0.1) is 0 Å². The molecule has 0 aliphatic rings. The van der Waals surface area contributed by atoms with Gasteiger partial charge in [-0.3, -0.25) is 0 Å². The van der Waals surface area contributed by atoms with Crippen LogP contribution in [0.1, 0.15) is 10.6 Å². The molecular formula is C4H4ClNO3. The third kappa shape index (κ3) is 1.73. The van der Waals surface area contributed by atoms with Crippen LogP contribution >= 0.6 is 12.4 Å². The fraction of sp³-hybridized carbons (Fsp3) is 0. The monoisotopic (exact) mass is 149 g/mol. The van der Waals surface area contributed by atoms with Crippen LogP contribution in [0.25, 0.3) is 0 Å². The average molecular weight is 150 g/mol. The normalized spacial score (nSPS) is 8.00. The number of hydrogen-bond donors (Lipinski definition) is 1. The van der Waals surface area contributed by atoms with Gasteiger partial charge in [-0.05, 0) is 0 Å². The zero-order valence-electron chi connectivity index (χ0n) is 4.27. The van der Waals surface area contributed by atoms with Crippen molar-refractivity contribution in [3.05, 3.63) is 18.4 Å². The van der Waals surface area contributed by atoms with E-state index in [0.717, 1.165) is 12.6 Å². The van der Waals surface area contributed by atoms with E-state index in [1.807, 2.05) is 0 Å². The van der Waals surface area contributed by atoms with Gasteiger partial charge >= 0.3 is 5.97 Å². The standard InChI is InChI=1S/C4H3NO3.ClH/c6-4(7)3-1-5-2-8-3;/h1-2H,(H,6,7);1H. The van der Waals surface area contributed by atoms with E-state index in [2.05, 4.69) is 9.40 Å². The second-order valence-corrected chi connectivity index (χ2v) is 1.17. The highest BCUT2D eigenvalue weighted by Crippen LogP contribution is 1.93. The van der Waals surface area contributed by atoms with Crippen molar-refractivity contribution < 1.29 is 14.3 Å². The van der Waals surface area contributed by atoms with Crippen LogP contribution in [0.15, 0.2) is 17.0 Å². The maximum Gasteiger partial charge on any atom is 0.373 e. The summed E-state index contributed by atoms with van der Waals surface area (Å²) in [6.45, 7) is 0. The summed E-state index contributed by atoms with van der Waals surface area (Å²) in [5, 5.41) is 8.14. The van der Waals surface area contributed by atoms with Gasteiger partial charge in [0, 0.05) is 0 Å². The first-order chi connectivity index (χ1) is 3.80. The summed E-state index contributed by atoms with van der Waals surface area (Å²) < 4.78 is 4.38. The first kappa shape index (κ1) is 7.97. The molecule has 0 bridgehead atoms. The lowest BCUT2D eigenvalue weighted by Crippen LogP contribution is -1.91. The van der Waals surface area contributed by atoms with E-state index in [4.69, 9.17) is 5.11 Å². The molecule has 0 aliphatic carbocycles. The molecular weight excluding hydrogens is 146 g/mol. The molecule has 0 amide bonds. The Morgan fingerprint density at radius 3 is 2.67 bits per heavy atom. The summed E-state index contributed by atoms with van der Waals surface area (Å²) in [7, 11) is 0. The average Bonchev–Trinajstić information content (AvgIpc) is 2.12. The van der Waals surface area contributed by atoms with Crippen molar-refractivity contribution in [3.63, 3.8) is 0 Å². The van der Waals surface area contributed by atoms with E-state index in [9.17, 15) is 4.79 Å². The molecule has 0 aromatic carbocycles. The van der Waals surface area contributed by atoms with Gasteiger partial charge in [-0.1, -0.05) is 0 Å².